The Hall–Kier alpha value is -3.43. The van der Waals surface area contributed by atoms with Crippen LogP contribution >= 0.6 is 0 Å². The summed E-state index contributed by atoms with van der Waals surface area (Å²) in [4.78, 5) is 18.3. The maximum Gasteiger partial charge on any atom is 0.433 e. The number of amides is 1. The average Bonchev–Trinajstić information content (AvgIpc) is 3.20. The molecule has 192 valence electrons. The Morgan fingerprint density at radius 2 is 1.62 bits per heavy atom. The molecule has 3 heterocycles. The lowest BCUT2D eigenvalue weighted by atomic mass is 9.77. The predicted molar refractivity (Wildman–Crippen MR) is 128 cm³/mol. The molecule has 2 fully saturated rings. The number of ether oxygens (including phenoxy) is 2. The number of benzene rings is 2. The normalized spacial score (nSPS) is 24.9. The Bertz CT molecular complexity index is 1290. The van der Waals surface area contributed by atoms with Crippen molar-refractivity contribution in [3.8, 4) is 11.1 Å². The van der Waals surface area contributed by atoms with Crippen molar-refractivity contribution < 1.29 is 32.5 Å². The highest BCUT2D eigenvalue weighted by atomic mass is 19.4. The van der Waals surface area contributed by atoms with Crippen molar-refractivity contribution in [2.24, 2.45) is 0 Å². The van der Waals surface area contributed by atoms with E-state index in [1.807, 2.05) is 36.4 Å². The highest BCUT2D eigenvalue weighted by Crippen LogP contribution is 2.45. The number of fused-ring (bicyclic) bond motifs is 5. The molecule has 6 rings (SSSR count). The van der Waals surface area contributed by atoms with Crippen molar-refractivity contribution in [1.82, 2.24) is 9.88 Å². The summed E-state index contributed by atoms with van der Waals surface area (Å²) in [6, 6.07) is 17.3. The van der Waals surface area contributed by atoms with Crippen LogP contribution < -0.4 is 0 Å². The Labute approximate surface area is 211 Å². The number of hydrogen-bond donors (Lipinski definition) is 1. The van der Waals surface area contributed by atoms with Gasteiger partial charge in [-0.3, -0.25) is 9.88 Å². The van der Waals surface area contributed by atoms with Gasteiger partial charge < -0.3 is 14.6 Å². The lowest BCUT2D eigenvalue weighted by molar-refractivity contribution is -0.143. The monoisotopic (exact) mass is 510 g/mol. The van der Waals surface area contributed by atoms with Gasteiger partial charge in [0.05, 0.1) is 30.9 Å². The molecule has 2 unspecified atom stereocenters. The van der Waals surface area contributed by atoms with Crippen LogP contribution in [0.3, 0.4) is 0 Å². The summed E-state index contributed by atoms with van der Waals surface area (Å²) in [6.07, 6.45) is -3.99. The van der Waals surface area contributed by atoms with Crippen LogP contribution in [0.5, 0.6) is 0 Å². The molecule has 2 atom stereocenters. The Morgan fingerprint density at radius 3 is 2.22 bits per heavy atom. The lowest BCUT2D eigenvalue weighted by Gasteiger charge is -2.51. The summed E-state index contributed by atoms with van der Waals surface area (Å²) in [7, 11) is 0. The van der Waals surface area contributed by atoms with E-state index in [-0.39, 0.29) is 44.1 Å². The summed E-state index contributed by atoms with van der Waals surface area (Å²) in [5, 5.41) is 11.4. The quantitative estimate of drug-likeness (QED) is 0.531. The van der Waals surface area contributed by atoms with Crippen molar-refractivity contribution >= 4 is 6.09 Å². The summed E-state index contributed by atoms with van der Waals surface area (Å²) in [5.74, 6) is -0.0910. The fourth-order valence-electron chi connectivity index (χ4n) is 6.05. The number of rotatable bonds is 3. The zero-order chi connectivity index (χ0) is 25.8. The van der Waals surface area contributed by atoms with Crippen LogP contribution in [0, 0.1) is 0 Å². The summed E-state index contributed by atoms with van der Waals surface area (Å²) in [5.41, 5.74) is 2.00. The van der Waals surface area contributed by atoms with Crippen LogP contribution in [-0.2, 0) is 21.3 Å². The maximum absolute atomic E-state index is 13.3. The summed E-state index contributed by atoms with van der Waals surface area (Å²) >= 11 is 0. The van der Waals surface area contributed by atoms with Crippen molar-refractivity contribution in [3.63, 3.8) is 0 Å². The third kappa shape index (κ3) is 4.16. The molecule has 2 aromatic carbocycles. The Kier molecular flexibility index (Phi) is 5.72. The number of carbonyl (C=O) groups is 1. The summed E-state index contributed by atoms with van der Waals surface area (Å²) in [6.45, 7) is 0.494. The second-order valence-electron chi connectivity index (χ2n) is 9.92. The standard InChI is InChI=1S/C28H25F3N2O4/c29-28(30,31)25-11-17(9-10-32-25)27(35)12-18-14-36-15-19(13-27)33(18)26(34)37-16-24-22-7-3-1-5-20(22)21-6-2-4-8-23(21)24/h1-11,18-19,24,35H,12-16H2. The van der Waals surface area contributed by atoms with Crippen molar-refractivity contribution in [3.05, 3.63) is 89.2 Å². The molecule has 9 heteroatoms. The van der Waals surface area contributed by atoms with Gasteiger partial charge in [0.2, 0.25) is 0 Å². The minimum atomic E-state index is -4.62. The van der Waals surface area contributed by atoms with Gasteiger partial charge in [0.15, 0.2) is 0 Å². The van der Waals surface area contributed by atoms with Crippen molar-refractivity contribution in [2.45, 2.75) is 42.6 Å². The molecule has 3 aliphatic rings. The number of aliphatic hydroxyl groups is 1. The first kappa shape index (κ1) is 23.9. The van der Waals surface area contributed by atoms with E-state index in [0.29, 0.717) is 0 Å². The van der Waals surface area contributed by atoms with Crippen LogP contribution in [0.25, 0.3) is 11.1 Å². The van der Waals surface area contributed by atoms with Gasteiger partial charge in [-0.15, -0.1) is 0 Å². The molecular weight excluding hydrogens is 485 g/mol. The first-order valence-corrected chi connectivity index (χ1v) is 12.2. The number of alkyl halides is 3. The molecule has 3 aromatic rings. The first-order chi connectivity index (χ1) is 17.7. The third-order valence-electron chi connectivity index (χ3n) is 7.69. The van der Waals surface area contributed by atoms with Gasteiger partial charge >= 0.3 is 12.3 Å². The lowest BCUT2D eigenvalue weighted by Crippen LogP contribution is -2.62. The van der Waals surface area contributed by atoms with E-state index >= 15 is 0 Å². The minimum Gasteiger partial charge on any atom is -0.448 e. The molecule has 2 bridgehead atoms. The molecule has 1 amide bonds. The maximum atomic E-state index is 13.3. The number of carbonyl (C=O) groups excluding carboxylic acids is 1. The van der Waals surface area contributed by atoms with E-state index in [9.17, 15) is 23.1 Å². The number of morpholine rings is 1. The van der Waals surface area contributed by atoms with E-state index < -0.39 is 35.6 Å². The van der Waals surface area contributed by atoms with Gasteiger partial charge in [-0.05, 0) is 39.9 Å². The molecule has 6 nitrogen and oxygen atoms in total. The number of halogens is 3. The topological polar surface area (TPSA) is 71.9 Å². The van der Waals surface area contributed by atoms with E-state index in [0.717, 1.165) is 34.5 Å². The SMILES string of the molecule is O=C(OCC1c2ccccc2-c2ccccc21)N1C2COCC1CC(O)(c1ccnc(C(F)(F)F)c1)C2. The van der Waals surface area contributed by atoms with Crippen LogP contribution in [-0.4, -0.2) is 53.0 Å². The molecular formula is C28H25F3N2O4. The molecule has 2 saturated heterocycles. The molecule has 37 heavy (non-hydrogen) atoms. The molecule has 1 aromatic heterocycles. The largest absolute Gasteiger partial charge is 0.448 e. The minimum absolute atomic E-state index is 0.0367. The van der Waals surface area contributed by atoms with Crippen molar-refractivity contribution in [1.29, 1.82) is 0 Å². The molecule has 0 radical (unpaired) electrons. The predicted octanol–water partition coefficient (Wildman–Crippen LogP) is 5.10. The molecule has 2 aliphatic heterocycles. The first-order valence-electron chi connectivity index (χ1n) is 12.2. The molecule has 0 spiro atoms. The van der Waals surface area contributed by atoms with Crippen LogP contribution in [0.2, 0.25) is 0 Å². The second-order valence-corrected chi connectivity index (χ2v) is 9.92. The van der Waals surface area contributed by atoms with Gasteiger partial charge in [-0.2, -0.15) is 13.2 Å². The smallest absolute Gasteiger partial charge is 0.433 e. The van der Waals surface area contributed by atoms with E-state index in [1.54, 1.807) is 4.90 Å². The van der Waals surface area contributed by atoms with Gasteiger partial charge in [-0.1, -0.05) is 48.5 Å². The zero-order valence-corrected chi connectivity index (χ0v) is 19.8. The van der Waals surface area contributed by atoms with E-state index in [2.05, 4.69) is 17.1 Å². The second kappa shape index (κ2) is 8.85. The van der Waals surface area contributed by atoms with Crippen molar-refractivity contribution in [2.75, 3.05) is 19.8 Å². The zero-order valence-electron chi connectivity index (χ0n) is 19.8. The van der Waals surface area contributed by atoms with Gasteiger partial charge in [0.25, 0.3) is 0 Å². The van der Waals surface area contributed by atoms with Gasteiger partial charge in [0.1, 0.15) is 12.3 Å². The Morgan fingerprint density at radius 1 is 1.03 bits per heavy atom. The van der Waals surface area contributed by atoms with Crippen LogP contribution in [0.1, 0.15) is 41.1 Å². The third-order valence-corrected chi connectivity index (χ3v) is 7.69. The number of piperidine rings is 1. The molecule has 1 N–H and O–H groups in total. The number of pyridine rings is 1. The average molecular weight is 511 g/mol. The number of aromatic nitrogens is 1. The van der Waals surface area contributed by atoms with Gasteiger partial charge in [0, 0.05) is 25.0 Å². The van der Waals surface area contributed by atoms with Crippen LogP contribution in [0.4, 0.5) is 18.0 Å². The van der Waals surface area contributed by atoms with E-state index in [1.165, 1.54) is 6.07 Å². The Balaban J connectivity index is 1.20. The highest BCUT2D eigenvalue weighted by molar-refractivity contribution is 5.79. The fourth-order valence-corrected chi connectivity index (χ4v) is 6.05. The fraction of sp³-hybridized carbons (Fsp3) is 0.357. The number of nitrogens with zero attached hydrogens (tertiary/aromatic N) is 2. The summed E-state index contributed by atoms with van der Waals surface area (Å²) < 4.78 is 51.2. The molecule has 1 aliphatic carbocycles. The molecule has 0 saturated carbocycles. The van der Waals surface area contributed by atoms with Gasteiger partial charge in [-0.25, -0.2) is 4.79 Å². The highest BCUT2D eigenvalue weighted by Gasteiger charge is 2.50. The number of hydrogen-bond acceptors (Lipinski definition) is 5. The van der Waals surface area contributed by atoms with Crippen LogP contribution in [0.15, 0.2) is 66.9 Å². The van der Waals surface area contributed by atoms with E-state index in [4.69, 9.17) is 9.47 Å².